The van der Waals surface area contributed by atoms with Gasteiger partial charge >= 0.3 is 6.09 Å². The fourth-order valence-electron chi connectivity index (χ4n) is 2.35. The molecule has 25 heavy (non-hydrogen) atoms. The predicted molar refractivity (Wildman–Crippen MR) is 98.7 cm³/mol. The van der Waals surface area contributed by atoms with E-state index in [1.807, 2.05) is 49.4 Å². The van der Waals surface area contributed by atoms with E-state index in [9.17, 15) is 4.79 Å². The minimum Gasteiger partial charge on any atom is -0.440 e. The summed E-state index contributed by atoms with van der Waals surface area (Å²) in [7, 11) is 0. The molecule has 0 aliphatic heterocycles. The number of primary amides is 1. The SMILES string of the molecule is CC(=NOCc1cccc(C)c1)C(Cc1ccccc1Cl)OC(N)=O. The average Bonchev–Trinajstić information content (AvgIpc) is 2.56. The lowest BCUT2D eigenvalue weighted by molar-refractivity contribution is 0.114. The summed E-state index contributed by atoms with van der Waals surface area (Å²) in [5.41, 5.74) is 8.67. The van der Waals surface area contributed by atoms with Crippen molar-refractivity contribution >= 4 is 23.4 Å². The lowest BCUT2D eigenvalue weighted by Crippen LogP contribution is -2.30. The number of carbonyl (C=O) groups is 1. The van der Waals surface area contributed by atoms with Gasteiger partial charge in [-0.2, -0.15) is 0 Å². The molecular weight excluding hydrogens is 340 g/mol. The van der Waals surface area contributed by atoms with Gasteiger partial charge in [-0.15, -0.1) is 0 Å². The Balaban J connectivity index is 2.05. The summed E-state index contributed by atoms with van der Waals surface area (Å²) in [6.45, 7) is 4.06. The van der Waals surface area contributed by atoms with E-state index in [1.165, 1.54) is 0 Å². The van der Waals surface area contributed by atoms with Crippen molar-refractivity contribution < 1.29 is 14.4 Å². The molecule has 2 N–H and O–H groups in total. The van der Waals surface area contributed by atoms with Crippen molar-refractivity contribution in [1.82, 2.24) is 0 Å². The Morgan fingerprint density at radius 1 is 1.24 bits per heavy atom. The molecule has 0 bridgehead atoms. The highest BCUT2D eigenvalue weighted by Gasteiger charge is 2.19. The van der Waals surface area contributed by atoms with Gasteiger partial charge in [0.2, 0.25) is 0 Å². The van der Waals surface area contributed by atoms with Crippen molar-refractivity contribution in [2.45, 2.75) is 33.0 Å². The third-order valence-corrected chi connectivity index (χ3v) is 3.98. The molecule has 0 aliphatic rings. The van der Waals surface area contributed by atoms with Crippen molar-refractivity contribution in [1.29, 1.82) is 0 Å². The molecule has 0 radical (unpaired) electrons. The van der Waals surface area contributed by atoms with E-state index < -0.39 is 12.2 Å². The lowest BCUT2D eigenvalue weighted by atomic mass is 10.1. The van der Waals surface area contributed by atoms with Gasteiger partial charge in [-0.25, -0.2) is 4.79 Å². The molecule has 1 amide bonds. The van der Waals surface area contributed by atoms with Crippen LogP contribution in [0.2, 0.25) is 5.02 Å². The van der Waals surface area contributed by atoms with Gasteiger partial charge in [0.25, 0.3) is 0 Å². The van der Waals surface area contributed by atoms with E-state index in [-0.39, 0.29) is 0 Å². The van der Waals surface area contributed by atoms with Crippen LogP contribution in [0, 0.1) is 6.92 Å². The Labute approximate surface area is 152 Å². The molecule has 1 atom stereocenters. The second kappa shape index (κ2) is 9.08. The zero-order chi connectivity index (χ0) is 18.2. The fraction of sp³-hybridized carbons (Fsp3) is 0.263. The Morgan fingerprint density at radius 2 is 2.00 bits per heavy atom. The number of ether oxygens (including phenoxy) is 1. The predicted octanol–water partition coefficient (Wildman–Crippen LogP) is 4.25. The Hall–Kier alpha value is -2.53. The third-order valence-electron chi connectivity index (χ3n) is 3.61. The van der Waals surface area contributed by atoms with Crippen LogP contribution in [0.5, 0.6) is 0 Å². The Kier molecular flexibility index (Phi) is 6.83. The topological polar surface area (TPSA) is 73.9 Å². The molecule has 0 fully saturated rings. The highest BCUT2D eigenvalue weighted by Crippen LogP contribution is 2.18. The van der Waals surface area contributed by atoms with Crippen LogP contribution >= 0.6 is 11.6 Å². The standard InChI is InChI=1S/C19H21ClN2O3/c1-13-6-5-7-15(10-13)12-24-22-14(2)18(25-19(21)23)11-16-8-3-4-9-17(16)20/h3-10,18H,11-12H2,1-2H3,(H2,21,23). The van der Waals surface area contributed by atoms with Gasteiger partial charge in [0.15, 0.2) is 0 Å². The van der Waals surface area contributed by atoms with Crippen LogP contribution in [0.25, 0.3) is 0 Å². The van der Waals surface area contributed by atoms with Crippen LogP contribution in [0.4, 0.5) is 4.79 Å². The molecule has 2 aromatic rings. The Morgan fingerprint density at radius 3 is 2.68 bits per heavy atom. The van der Waals surface area contributed by atoms with E-state index in [2.05, 4.69) is 5.16 Å². The summed E-state index contributed by atoms with van der Waals surface area (Å²) >= 11 is 6.17. The number of carbonyl (C=O) groups excluding carboxylic acids is 1. The number of halogens is 1. The molecule has 2 rings (SSSR count). The van der Waals surface area contributed by atoms with Gasteiger partial charge in [-0.1, -0.05) is 64.8 Å². The number of hydrogen-bond donors (Lipinski definition) is 1. The number of benzene rings is 2. The molecule has 0 aliphatic carbocycles. The van der Waals surface area contributed by atoms with Crippen molar-refractivity contribution in [3.63, 3.8) is 0 Å². The van der Waals surface area contributed by atoms with Crippen LogP contribution in [0.3, 0.4) is 0 Å². The minimum absolute atomic E-state index is 0.328. The summed E-state index contributed by atoms with van der Waals surface area (Å²) < 4.78 is 5.16. The first-order valence-corrected chi connectivity index (χ1v) is 8.25. The van der Waals surface area contributed by atoms with Crippen molar-refractivity contribution in [3.05, 3.63) is 70.2 Å². The smallest absolute Gasteiger partial charge is 0.405 e. The third kappa shape index (κ3) is 6.12. The summed E-state index contributed by atoms with van der Waals surface area (Å²) in [5.74, 6) is 0. The van der Waals surface area contributed by atoms with Crippen LogP contribution < -0.4 is 5.73 Å². The highest BCUT2D eigenvalue weighted by molar-refractivity contribution is 6.31. The molecular formula is C19H21ClN2O3. The van der Waals surface area contributed by atoms with Gasteiger partial charge < -0.3 is 15.3 Å². The fourth-order valence-corrected chi connectivity index (χ4v) is 2.56. The van der Waals surface area contributed by atoms with E-state index in [1.54, 1.807) is 13.0 Å². The second-order valence-electron chi connectivity index (χ2n) is 5.72. The molecule has 6 heteroatoms. The lowest BCUT2D eigenvalue weighted by Gasteiger charge is -2.17. The van der Waals surface area contributed by atoms with E-state index in [4.69, 9.17) is 26.9 Å². The van der Waals surface area contributed by atoms with Crippen LogP contribution in [0.15, 0.2) is 53.7 Å². The number of rotatable bonds is 7. The largest absolute Gasteiger partial charge is 0.440 e. The molecule has 132 valence electrons. The normalized spacial score (nSPS) is 12.5. The first-order chi connectivity index (χ1) is 12.0. The summed E-state index contributed by atoms with van der Waals surface area (Å²) in [6.07, 6.45) is -1.15. The van der Waals surface area contributed by atoms with Crippen LogP contribution in [0.1, 0.15) is 23.6 Å². The maximum Gasteiger partial charge on any atom is 0.405 e. The van der Waals surface area contributed by atoms with Crippen molar-refractivity contribution in [2.75, 3.05) is 0 Å². The van der Waals surface area contributed by atoms with Crippen molar-refractivity contribution in [3.8, 4) is 0 Å². The molecule has 5 nitrogen and oxygen atoms in total. The zero-order valence-corrected chi connectivity index (χ0v) is 15.0. The van der Waals surface area contributed by atoms with Gasteiger partial charge in [-0.3, -0.25) is 0 Å². The summed E-state index contributed by atoms with van der Waals surface area (Å²) in [5, 5.41) is 4.66. The number of nitrogens with two attached hydrogens (primary N) is 1. The zero-order valence-electron chi connectivity index (χ0n) is 14.2. The Bertz CT molecular complexity index is 762. The van der Waals surface area contributed by atoms with Crippen LogP contribution in [-0.4, -0.2) is 17.9 Å². The monoisotopic (exact) mass is 360 g/mol. The molecule has 0 aromatic heterocycles. The summed E-state index contributed by atoms with van der Waals surface area (Å²) in [4.78, 5) is 16.6. The van der Waals surface area contributed by atoms with Crippen molar-refractivity contribution in [2.24, 2.45) is 10.9 Å². The van der Waals surface area contributed by atoms with Gasteiger partial charge in [0.1, 0.15) is 12.7 Å². The van der Waals surface area contributed by atoms with Gasteiger partial charge in [0, 0.05) is 11.4 Å². The molecule has 1 unspecified atom stereocenters. The first kappa shape index (κ1) is 18.8. The average molecular weight is 361 g/mol. The number of oxime groups is 1. The number of nitrogens with zero attached hydrogens (tertiary/aromatic N) is 1. The maximum absolute atomic E-state index is 11.2. The van der Waals surface area contributed by atoms with Gasteiger partial charge in [0.05, 0.1) is 5.71 Å². The second-order valence-corrected chi connectivity index (χ2v) is 6.12. The van der Waals surface area contributed by atoms with E-state index >= 15 is 0 Å². The molecule has 0 saturated carbocycles. The first-order valence-electron chi connectivity index (χ1n) is 7.87. The number of hydrogen-bond acceptors (Lipinski definition) is 4. The summed E-state index contributed by atoms with van der Waals surface area (Å²) in [6, 6.07) is 15.3. The molecule has 0 saturated heterocycles. The highest BCUT2D eigenvalue weighted by atomic mass is 35.5. The number of aryl methyl sites for hydroxylation is 1. The molecule has 2 aromatic carbocycles. The minimum atomic E-state index is -0.870. The van der Waals surface area contributed by atoms with Crippen LogP contribution in [-0.2, 0) is 22.6 Å². The molecule has 0 heterocycles. The maximum atomic E-state index is 11.2. The van der Waals surface area contributed by atoms with Gasteiger partial charge in [-0.05, 0) is 31.0 Å². The number of amides is 1. The molecule has 0 spiro atoms. The quantitative estimate of drug-likeness (QED) is 0.592. The van der Waals surface area contributed by atoms with E-state index in [0.717, 1.165) is 16.7 Å². The van der Waals surface area contributed by atoms with E-state index in [0.29, 0.717) is 23.8 Å².